The van der Waals surface area contributed by atoms with E-state index in [4.69, 9.17) is 10.5 Å². The predicted octanol–water partition coefficient (Wildman–Crippen LogP) is 0.922. The van der Waals surface area contributed by atoms with Crippen molar-refractivity contribution in [2.24, 2.45) is 5.73 Å². The van der Waals surface area contributed by atoms with Crippen molar-refractivity contribution in [2.45, 2.75) is 30.6 Å². The molecule has 0 amide bonds. The highest BCUT2D eigenvalue weighted by Gasteiger charge is 2.42. The molecule has 2 atom stereocenters. The van der Waals surface area contributed by atoms with Crippen LogP contribution in [0.5, 0.6) is 5.75 Å². The van der Waals surface area contributed by atoms with Gasteiger partial charge in [-0.05, 0) is 19.9 Å². The van der Waals surface area contributed by atoms with Gasteiger partial charge < -0.3 is 15.6 Å². The van der Waals surface area contributed by atoms with Crippen molar-refractivity contribution in [3.05, 3.63) is 29.8 Å². The maximum atomic E-state index is 11.9. The summed E-state index contributed by atoms with van der Waals surface area (Å²) in [5, 5.41) is 10.5. The van der Waals surface area contributed by atoms with Crippen molar-refractivity contribution >= 4 is 9.84 Å². The zero-order valence-corrected chi connectivity index (χ0v) is 13.1. The van der Waals surface area contributed by atoms with Crippen molar-refractivity contribution in [3.63, 3.8) is 0 Å². The molecule has 0 aliphatic heterocycles. The Morgan fingerprint density at radius 2 is 1.90 bits per heavy atom. The molecule has 0 spiro atoms. The number of benzene rings is 1. The highest BCUT2D eigenvalue weighted by molar-refractivity contribution is 7.92. The predicted molar refractivity (Wildman–Crippen MR) is 79.7 cm³/mol. The first kappa shape index (κ1) is 16.9. The lowest BCUT2D eigenvalue weighted by atomic mass is 9.86. The fourth-order valence-corrected chi connectivity index (χ4v) is 2.71. The molecule has 3 N–H and O–H groups in total. The average molecular weight is 301 g/mol. The molecule has 6 heteroatoms. The number of hydrogen-bond donors (Lipinski definition) is 2. The lowest BCUT2D eigenvalue weighted by Crippen LogP contribution is -2.48. The molecule has 1 aromatic rings. The van der Waals surface area contributed by atoms with E-state index in [1.807, 2.05) is 6.07 Å². The van der Waals surface area contributed by atoms with E-state index in [0.29, 0.717) is 11.3 Å². The Balaban J connectivity index is 3.26. The summed E-state index contributed by atoms with van der Waals surface area (Å²) in [6.45, 7) is 3.14. The molecule has 5 nitrogen and oxygen atoms in total. The number of rotatable bonds is 6. The van der Waals surface area contributed by atoms with E-state index >= 15 is 0 Å². The van der Waals surface area contributed by atoms with Crippen LogP contribution in [0.1, 0.15) is 25.3 Å². The van der Waals surface area contributed by atoms with Crippen LogP contribution in [-0.2, 0) is 9.84 Å². The fraction of sp³-hybridized carbons (Fsp3) is 0.571. The Morgan fingerprint density at radius 3 is 2.35 bits per heavy atom. The zero-order valence-electron chi connectivity index (χ0n) is 12.3. The van der Waals surface area contributed by atoms with Gasteiger partial charge in [-0.15, -0.1) is 0 Å². The number of methoxy groups -OCH3 is 1. The monoisotopic (exact) mass is 301 g/mol. The van der Waals surface area contributed by atoms with E-state index in [1.165, 1.54) is 21.0 Å². The normalized spacial score (nSPS) is 15.7. The van der Waals surface area contributed by atoms with Crippen molar-refractivity contribution in [1.29, 1.82) is 0 Å². The summed E-state index contributed by atoms with van der Waals surface area (Å²) < 4.78 is 27.7. The van der Waals surface area contributed by atoms with E-state index in [2.05, 4.69) is 0 Å². The van der Waals surface area contributed by atoms with Gasteiger partial charge in [0.15, 0.2) is 9.84 Å². The van der Waals surface area contributed by atoms with Gasteiger partial charge in [0.05, 0.1) is 18.0 Å². The van der Waals surface area contributed by atoms with Crippen LogP contribution in [0.3, 0.4) is 0 Å². The molecule has 1 aromatic carbocycles. The molecule has 2 unspecified atom stereocenters. The first-order valence-electron chi connectivity index (χ1n) is 6.37. The molecule has 0 aromatic heterocycles. The molecular formula is C14H23NO4S. The Labute approximate surface area is 120 Å². The molecule has 0 saturated heterocycles. The topological polar surface area (TPSA) is 89.6 Å². The van der Waals surface area contributed by atoms with Gasteiger partial charge in [-0.3, -0.25) is 0 Å². The Morgan fingerprint density at radius 1 is 1.35 bits per heavy atom. The van der Waals surface area contributed by atoms with Crippen molar-refractivity contribution in [2.75, 3.05) is 19.9 Å². The summed E-state index contributed by atoms with van der Waals surface area (Å²) >= 11 is 0. The SMILES string of the molecule is COc1ccccc1C(CN)C(O)C(C)(C)S(C)(=O)=O. The molecule has 0 bridgehead atoms. The van der Waals surface area contributed by atoms with Crippen LogP contribution < -0.4 is 10.5 Å². The number of hydrogen-bond acceptors (Lipinski definition) is 5. The van der Waals surface area contributed by atoms with E-state index < -0.39 is 26.6 Å². The minimum atomic E-state index is -3.43. The Bertz CT molecular complexity index is 554. The lowest BCUT2D eigenvalue weighted by Gasteiger charge is -2.34. The second kappa shape index (κ2) is 6.11. The summed E-state index contributed by atoms with van der Waals surface area (Å²) in [6, 6.07) is 7.17. The molecule has 0 aliphatic carbocycles. The largest absolute Gasteiger partial charge is 0.496 e. The molecule has 0 aliphatic rings. The minimum absolute atomic E-state index is 0.125. The summed E-state index contributed by atoms with van der Waals surface area (Å²) in [7, 11) is -1.90. The molecule has 1 rings (SSSR count). The Hall–Kier alpha value is -1.11. The quantitative estimate of drug-likeness (QED) is 0.815. The maximum absolute atomic E-state index is 11.9. The third-order valence-electron chi connectivity index (χ3n) is 3.84. The number of aliphatic hydroxyl groups is 1. The molecule has 0 saturated carbocycles. The van der Waals surface area contributed by atoms with E-state index in [9.17, 15) is 13.5 Å². The number of sulfone groups is 1. The third kappa shape index (κ3) is 3.13. The standard InChI is InChI=1S/C14H23NO4S/c1-14(2,20(4,17)18)13(16)11(9-15)10-7-5-6-8-12(10)19-3/h5-8,11,13,16H,9,15H2,1-4H3. The van der Waals surface area contributed by atoms with Crippen LogP contribution >= 0.6 is 0 Å². The van der Waals surface area contributed by atoms with Gasteiger partial charge in [0, 0.05) is 24.3 Å². The second-order valence-corrected chi connectivity index (χ2v) is 8.00. The van der Waals surface area contributed by atoms with Gasteiger partial charge in [0.2, 0.25) is 0 Å². The smallest absolute Gasteiger partial charge is 0.155 e. The summed E-state index contributed by atoms with van der Waals surface area (Å²) in [4.78, 5) is 0. The zero-order chi connectivity index (χ0) is 15.6. The molecule has 0 heterocycles. The lowest BCUT2D eigenvalue weighted by molar-refractivity contribution is 0.109. The molecule has 114 valence electrons. The second-order valence-electron chi connectivity index (χ2n) is 5.40. The van der Waals surface area contributed by atoms with E-state index in [1.54, 1.807) is 18.2 Å². The number of ether oxygens (including phenoxy) is 1. The first-order chi connectivity index (χ1) is 9.16. The van der Waals surface area contributed by atoms with Crippen LogP contribution in [-0.4, -0.2) is 44.3 Å². The van der Waals surface area contributed by atoms with Gasteiger partial charge >= 0.3 is 0 Å². The van der Waals surface area contributed by atoms with Crippen LogP contribution in [0.15, 0.2) is 24.3 Å². The van der Waals surface area contributed by atoms with Gasteiger partial charge in [0.1, 0.15) is 5.75 Å². The van der Waals surface area contributed by atoms with Gasteiger partial charge in [0.25, 0.3) is 0 Å². The van der Waals surface area contributed by atoms with Gasteiger partial charge in [-0.25, -0.2) is 8.42 Å². The highest BCUT2D eigenvalue weighted by atomic mass is 32.2. The van der Waals surface area contributed by atoms with Gasteiger partial charge in [-0.1, -0.05) is 18.2 Å². The number of nitrogens with two attached hydrogens (primary N) is 1. The molecule has 0 radical (unpaired) electrons. The van der Waals surface area contributed by atoms with Gasteiger partial charge in [-0.2, -0.15) is 0 Å². The summed E-state index contributed by atoms with van der Waals surface area (Å²) in [5.41, 5.74) is 6.47. The van der Waals surface area contributed by atoms with E-state index in [-0.39, 0.29) is 6.54 Å². The first-order valence-corrected chi connectivity index (χ1v) is 8.26. The maximum Gasteiger partial charge on any atom is 0.155 e. The van der Waals surface area contributed by atoms with Crippen LogP contribution in [0.25, 0.3) is 0 Å². The molecule has 20 heavy (non-hydrogen) atoms. The van der Waals surface area contributed by atoms with Crippen LogP contribution in [0, 0.1) is 0 Å². The fourth-order valence-electron chi connectivity index (χ4n) is 2.10. The van der Waals surface area contributed by atoms with Crippen LogP contribution in [0.4, 0.5) is 0 Å². The van der Waals surface area contributed by atoms with Crippen LogP contribution in [0.2, 0.25) is 0 Å². The number of para-hydroxylation sites is 1. The minimum Gasteiger partial charge on any atom is -0.496 e. The van der Waals surface area contributed by atoms with Crippen molar-refractivity contribution in [1.82, 2.24) is 0 Å². The van der Waals surface area contributed by atoms with Crippen molar-refractivity contribution < 1.29 is 18.3 Å². The van der Waals surface area contributed by atoms with E-state index in [0.717, 1.165) is 6.26 Å². The number of aliphatic hydroxyl groups excluding tert-OH is 1. The average Bonchev–Trinajstić information content (AvgIpc) is 2.38. The summed E-state index contributed by atoms with van der Waals surface area (Å²) in [6.07, 6.45) is -0.00903. The Kier molecular flexibility index (Phi) is 5.18. The summed E-state index contributed by atoms with van der Waals surface area (Å²) in [5.74, 6) is 0.0715. The third-order valence-corrected chi connectivity index (χ3v) is 5.99. The molecular weight excluding hydrogens is 278 g/mol. The highest BCUT2D eigenvalue weighted by Crippen LogP contribution is 2.35. The van der Waals surface area contributed by atoms with Crippen molar-refractivity contribution in [3.8, 4) is 5.75 Å². The molecule has 0 fully saturated rings.